The van der Waals surface area contributed by atoms with E-state index in [1.54, 1.807) is 0 Å². The highest BCUT2D eigenvalue weighted by molar-refractivity contribution is 5.81. The van der Waals surface area contributed by atoms with Gasteiger partial charge in [-0.05, 0) is 11.8 Å². The van der Waals surface area contributed by atoms with Crippen molar-refractivity contribution in [3.8, 4) is 0 Å². The van der Waals surface area contributed by atoms with Gasteiger partial charge >= 0.3 is 0 Å². The zero-order valence-corrected chi connectivity index (χ0v) is 11.1. The predicted octanol–water partition coefficient (Wildman–Crippen LogP) is 2.40. The summed E-state index contributed by atoms with van der Waals surface area (Å²) in [6.45, 7) is 10.0. The van der Waals surface area contributed by atoms with Crippen LogP contribution in [-0.4, -0.2) is 18.2 Å². The van der Waals surface area contributed by atoms with Gasteiger partial charge in [0.15, 0.2) is 0 Å². The molecule has 0 aromatic carbocycles. The third kappa shape index (κ3) is 4.33. The number of carbonyl (C=O) groups excluding carboxylic acids is 2. The van der Waals surface area contributed by atoms with Crippen LogP contribution in [0.4, 0.5) is 0 Å². The van der Waals surface area contributed by atoms with E-state index in [-0.39, 0.29) is 23.8 Å². The van der Waals surface area contributed by atoms with Gasteiger partial charge in [-0.2, -0.15) is 0 Å². The Balaban J connectivity index is 4.35. The number of nitrogens with one attached hydrogen (secondary N) is 1. The molecule has 0 heterocycles. The highest BCUT2D eigenvalue weighted by atomic mass is 16.2. The van der Waals surface area contributed by atoms with Crippen molar-refractivity contribution >= 4 is 12.2 Å². The average Bonchev–Trinajstić information content (AvgIpc) is 2.32. The van der Waals surface area contributed by atoms with Crippen molar-refractivity contribution in [1.29, 1.82) is 0 Å². The first-order valence-electron chi connectivity index (χ1n) is 6.23. The molecule has 0 aromatic heterocycles. The normalized spacial score (nSPS) is 18.3. The zero-order valence-electron chi connectivity index (χ0n) is 11.1. The minimum atomic E-state index is -0.344. The zero-order chi connectivity index (χ0) is 12.7. The fraction of sp³-hybridized carbons (Fsp3) is 0.846. The van der Waals surface area contributed by atoms with Gasteiger partial charge in [-0.3, -0.25) is 4.79 Å². The molecular weight excluding hydrogens is 202 g/mol. The number of hydrogen-bond acceptors (Lipinski definition) is 2. The van der Waals surface area contributed by atoms with Gasteiger partial charge in [0.05, 0.1) is 6.04 Å². The molecule has 1 N–H and O–H groups in total. The Bertz CT molecular complexity index is 228. The first-order chi connectivity index (χ1) is 7.47. The van der Waals surface area contributed by atoms with Crippen LogP contribution in [0.3, 0.4) is 0 Å². The standard InChI is InChI=1S/C13H25NO2/c1-6-9(3)11(5)13(16)14-12(8-15)10(4)7-2/h8-12H,6-7H2,1-5H3,(H,14,16)/t9-,10+,11?,12?/m1/s1. The fourth-order valence-electron chi connectivity index (χ4n) is 1.47. The Hall–Kier alpha value is -0.860. The van der Waals surface area contributed by atoms with E-state index in [1.807, 2.05) is 20.8 Å². The van der Waals surface area contributed by atoms with Crippen LogP contribution in [0.5, 0.6) is 0 Å². The van der Waals surface area contributed by atoms with Crippen molar-refractivity contribution < 1.29 is 9.59 Å². The molecule has 0 spiro atoms. The number of carbonyl (C=O) groups is 2. The Labute approximate surface area is 99.0 Å². The van der Waals surface area contributed by atoms with Gasteiger partial charge in [0, 0.05) is 5.92 Å². The molecule has 0 rings (SSSR count). The molecule has 0 saturated heterocycles. The Morgan fingerprint density at radius 2 is 1.62 bits per heavy atom. The maximum atomic E-state index is 11.9. The number of aldehydes is 1. The molecule has 0 bridgehead atoms. The van der Waals surface area contributed by atoms with Crippen molar-refractivity contribution in [2.24, 2.45) is 17.8 Å². The lowest BCUT2D eigenvalue weighted by atomic mass is 9.92. The summed E-state index contributed by atoms with van der Waals surface area (Å²) in [6, 6.07) is -0.344. The second-order valence-electron chi connectivity index (χ2n) is 4.73. The van der Waals surface area contributed by atoms with Crippen LogP contribution in [0, 0.1) is 17.8 Å². The largest absolute Gasteiger partial charge is 0.346 e. The van der Waals surface area contributed by atoms with Crippen LogP contribution in [0.2, 0.25) is 0 Å². The number of hydrogen-bond donors (Lipinski definition) is 1. The first kappa shape index (κ1) is 15.1. The summed E-state index contributed by atoms with van der Waals surface area (Å²) >= 11 is 0. The van der Waals surface area contributed by atoms with Gasteiger partial charge in [-0.15, -0.1) is 0 Å². The third-order valence-corrected chi connectivity index (χ3v) is 3.62. The molecule has 0 aromatic rings. The maximum absolute atomic E-state index is 11.9. The van der Waals surface area contributed by atoms with Crippen LogP contribution < -0.4 is 5.32 Å². The van der Waals surface area contributed by atoms with E-state index in [1.165, 1.54) is 0 Å². The summed E-state index contributed by atoms with van der Waals surface area (Å²) in [5, 5.41) is 2.83. The summed E-state index contributed by atoms with van der Waals surface area (Å²) in [5.74, 6) is 0.512. The Morgan fingerprint density at radius 3 is 2.00 bits per heavy atom. The van der Waals surface area contributed by atoms with Crippen molar-refractivity contribution in [2.75, 3.05) is 0 Å². The molecule has 0 radical (unpaired) electrons. The molecule has 16 heavy (non-hydrogen) atoms. The molecule has 0 aliphatic carbocycles. The van der Waals surface area contributed by atoms with Crippen molar-refractivity contribution in [2.45, 2.75) is 53.5 Å². The minimum Gasteiger partial charge on any atom is -0.346 e. The molecule has 3 nitrogen and oxygen atoms in total. The van der Waals surface area contributed by atoms with Crippen LogP contribution in [0.1, 0.15) is 47.5 Å². The van der Waals surface area contributed by atoms with Gasteiger partial charge in [-0.25, -0.2) is 0 Å². The molecule has 1 amide bonds. The van der Waals surface area contributed by atoms with Crippen molar-refractivity contribution in [1.82, 2.24) is 5.32 Å². The fourth-order valence-corrected chi connectivity index (χ4v) is 1.47. The molecule has 0 saturated carbocycles. The molecule has 94 valence electrons. The second-order valence-corrected chi connectivity index (χ2v) is 4.73. The molecule has 0 fully saturated rings. The predicted molar refractivity (Wildman–Crippen MR) is 66.1 cm³/mol. The summed E-state index contributed by atoms with van der Waals surface area (Å²) < 4.78 is 0. The molecule has 0 aliphatic rings. The van der Waals surface area contributed by atoms with E-state index < -0.39 is 0 Å². The van der Waals surface area contributed by atoms with Gasteiger partial charge in [-0.1, -0.05) is 47.5 Å². The van der Waals surface area contributed by atoms with Gasteiger partial charge in [0.1, 0.15) is 6.29 Å². The quantitative estimate of drug-likeness (QED) is 0.679. The summed E-state index contributed by atoms with van der Waals surface area (Å²) in [7, 11) is 0. The molecule has 0 aliphatic heterocycles. The smallest absolute Gasteiger partial charge is 0.223 e. The van der Waals surface area contributed by atoms with Crippen LogP contribution in [0.25, 0.3) is 0 Å². The SMILES string of the molecule is CC[C@@H](C)C(C)C(=O)NC(C=O)[C@@H](C)CC. The van der Waals surface area contributed by atoms with Crippen LogP contribution in [-0.2, 0) is 9.59 Å². The highest BCUT2D eigenvalue weighted by Crippen LogP contribution is 2.15. The average molecular weight is 227 g/mol. The van der Waals surface area contributed by atoms with Gasteiger partial charge in [0.25, 0.3) is 0 Å². The monoisotopic (exact) mass is 227 g/mol. The Morgan fingerprint density at radius 1 is 1.12 bits per heavy atom. The van der Waals surface area contributed by atoms with E-state index in [4.69, 9.17) is 0 Å². The summed E-state index contributed by atoms with van der Waals surface area (Å²) in [5.41, 5.74) is 0. The van der Waals surface area contributed by atoms with E-state index in [0.717, 1.165) is 19.1 Å². The lowest BCUT2D eigenvalue weighted by Crippen LogP contribution is -2.44. The molecule has 2 unspecified atom stereocenters. The highest BCUT2D eigenvalue weighted by Gasteiger charge is 2.23. The van der Waals surface area contributed by atoms with E-state index in [0.29, 0.717) is 5.92 Å². The molecular formula is C13H25NO2. The third-order valence-electron chi connectivity index (χ3n) is 3.62. The first-order valence-corrected chi connectivity index (χ1v) is 6.23. The maximum Gasteiger partial charge on any atom is 0.223 e. The number of rotatable bonds is 7. The lowest BCUT2D eigenvalue weighted by Gasteiger charge is -2.23. The second kappa shape index (κ2) is 7.42. The van der Waals surface area contributed by atoms with E-state index >= 15 is 0 Å². The van der Waals surface area contributed by atoms with E-state index in [2.05, 4.69) is 19.2 Å². The van der Waals surface area contributed by atoms with Gasteiger partial charge in [0.2, 0.25) is 5.91 Å². The van der Waals surface area contributed by atoms with E-state index in [9.17, 15) is 9.59 Å². The topological polar surface area (TPSA) is 46.2 Å². The number of amides is 1. The van der Waals surface area contributed by atoms with Crippen molar-refractivity contribution in [3.05, 3.63) is 0 Å². The molecule has 3 heteroatoms. The van der Waals surface area contributed by atoms with Gasteiger partial charge < -0.3 is 10.1 Å². The summed E-state index contributed by atoms with van der Waals surface area (Å²) in [4.78, 5) is 22.8. The summed E-state index contributed by atoms with van der Waals surface area (Å²) in [6.07, 6.45) is 2.71. The van der Waals surface area contributed by atoms with Crippen LogP contribution in [0.15, 0.2) is 0 Å². The van der Waals surface area contributed by atoms with Crippen LogP contribution >= 0.6 is 0 Å². The Kier molecular flexibility index (Phi) is 7.02. The molecule has 4 atom stereocenters. The minimum absolute atomic E-state index is 0.00764. The lowest BCUT2D eigenvalue weighted by molar-refractivity contribution is -0.129. The van der Waals surface area contributed by atoms with Crippen molar-refractivity contribution in [3.63, 3.8) is 0 Å².